The number of likely N-dealkylation sites (tertiary alicyclic amines) is 1. The van der Waals surface area contributed by atoms with Crippen LogP contribution in [0, 0.1) is 11.7 Å². The van der Waals surface area contributed by atoms with Gasteiger partial charge in [0, 0.05) is 19.2 Å². The van der Waals surface area contributed by atoms with Crippen LogP contribution in [0.1, 0.15) is 34.9 Å². The molecule has 8 nitrogen and oxygen atoms in total. The Balaban J connectivity index is 1.52. The van der Waals surface area contributed by atoms with Crippen molar-refractivity contribution in [2.24, 2.45) is 11.7 Å². The number of carbonyl (C=O) groups excluding carboxylic acids is 2. The van der Waals surface area contributed by atoms with Gasteiger partial charge in [0.15, 0.2) is 0 Å². The molecule has 178 valence electrons. The zero-order valence-electron chi connectivity index (χ0n) is 18.4. The lowest BCUT2D eigenvalue weighted by atomic mass is 9.96. The van der Waals surface area contributed by atoms with E-state index in [2.05, 4.69) is 10.2 Å². The molecule has 0 saturated carbocycles. The number of hydrogen-bond acceptors (Lipinski definition) is 6. The summed E-state index contributed by atoms with van der Waals surface area (Å²) in [6.45, 7) is 2.49. The normalized spacial score (nSPS) is 15.6. The van der Waals surface area contributed by atoms with Gasteiger partial charge in [-0.3, -0.25) is 9.69 Å². The molecule has 1 fully saturated rings. The minimum absolute atomic E-state index is 0.274. The highest BCUT2D eigenvalue weighted by Crippen LogP contribution is 2.29. The summed E-state index contributed by atoms with van der Waals surface area (Å²) in [5, 5.41) is 3.27. The van der Waals surface area contributed by atoms with Gasteiger partial charge in [-0.05, 0) is 55.6 Å². The van der Waals surface area contributed by atoms with E-state index >= 15 is 0 Å². The number of amides is 2. The van der Waals surface area contributed by atoms with E-state index in [1.54, 1.807) is 12.1 Å². The van der Waals surface area contributed by atoms with Gasteiger partial charge in [-0.15, -0.1) is 0 Å². The first-order valence-corrected chi connectivity index (χ1v) is 11.0. The summed E-state index contributed by atoms with van der Waals surface area (Å²) in [5.74, 6) is 0.0206. The van der Waals surface area contributed by atoms with Crippen molar-refractivity contribution in [3.8, 4) is 5.75 Å². The van der Waals surface area contributed by atoms with Crippen molar-refractivity contribution in [2.75, 3.05) is 39.0 Å². The third kappa shape index (κ3) is 6.72. The number of anilines is 1. The van der Waals surface area contributed by atoms with Crippen LogP contribution < -0.4 is 21.5 Å². The average Bonchev–Trinajstić information content (AvgIpc) is 2.79. The molecule has 2 aromatic carbocycles. The molecular weight excluding hydrogens is 451 g/mol. The summed E-state index contributed by atoms with van der Waals surface area (Å²) >= 11 is 6.00. The lowest BCUT2D eigenvalue weighted by molar-refractivity contribution is 0.0632. The second kappa shape index (κ2) is 11.2. The summed E-state index contributed by atoms with van der Waals surface area (Å²) in [6, 6.07) is 8.85. The smallest absolute Gasteiger partial charge is 0.405 e. The highest BCUT2D eigenvalue weighted by Gasteiger charge is 2.25. The lowest BCUT2D eigenvalue weighted by Gasteiger charge is -2.34. The van der Waals surface area contributed by atoms with Crippen LogP contribution in [0.3, 0.4) is 0 Å². The fourth-order valence-electron chi connectivity index (χ4n) is 3.89. The highest BCUT2D eigenvalue weighted by molar-refractivity contribution is 6.33. The Labute approximate surface area is 197 Å². The molecule has 0 aliphatic carbocycles. The molecule has 2 amide bonds. The summed E-state index contributed by atoms with van der Waals surface area (Å²) < 4.78 is 23.7. The van der Waals surface area contributed by atoms with Gasteiger partial charge in [0.05, 0.1) is 23.4 Å². The molecule has 0 spiro atoms. The standard InChI is InChI=1S/C23H28ClFN4O4/c1-32-20-11-18(24)19(26)10-17(20)22(30)28-12-14-6-8-29(9-7-14)13-21(33-23(27)31)15-2-4-16(25)5-3-15/h2-5,10-11,14,21H,6-9,12-13,26H2,1H3,(H2,27,31)(H,28,30). The first-order chi connectivity index (χ1) is 15.8. The fourth-order valence-corrected chi connectivity index (χ4v) is 4.04. The lowest BCUT2D eigenvalue weighted by Crippen LogP contribution is -2.41. The van der Waals surface area contributed by atoms with Gasteiger partial charge in [0.1, 0.15) is 17.7 Å². The van der Waals surface area contributed by atoms with E-state index < -0.39 is 12.2 Å². The van der Waals surface area contributed by atoms with Gasteiger partial charge in [-0.1, -0.05) is 23.7 Å². The van der Waals surface area contributed by atoms with Crippen molar-refractivity contribution in [2.45, 2.75) is 18.9 Å². The van der Waals surface area contributed by atoms with E-state index in [1.807, 2.05) is 0 Å². The molecule has 0 bridgehead atoms. The molecule has 3 rings (SSSR count). The molecule has 0 radical (unpaired) electrons. The van der Waals surface area contributed by atoms with Crippen molar-refractivity contribution in [1.82, 2.24) is 10.2 Å². The van der Waals surface area contributed by atoms with E-state index in [4.69, 9.17) is 32.5 Å². The number of methoxy groups -OCH3 is 1. The van der Waals surface area contributed by atoms with Gasteiger partial charge in [0.25, 0.3) is 5.91 Å². The zero-order chi connectivity index (χ0) is 24.0. The number of nitrogens with two attached hydrogens (primary N) is 2. The minimum atomic E-state index is -0.875. The van der Waals surface area contributed by atoms with Crippen LogP contribution in [-0.4, -0.2) is 50.2 Å². The molecule has 1 atom stereocenters. The Kier molecular flexibility index (Phi) is 8.35. The van der Waals surface area contributed by atoms with Crippen molar-refractivity contribution in [3.05, 3.63) is 58.4 Å². The number of piperidine rings is 1. The molecule has 10 heteroatoms. The first kappa shape index (κ1) is 24.6. The number of nitrogens with one attached hydrogen (secondary N) is 1. The number of nitrogens with zero attached hydrogens (tertiary/aromatic N) is 1. The van der Waals surface area contributed by atoms with Crippen LogP contribution in [0.5, 0.6) is 5.75 Å². The maximum Gasteiger partial charge on any atom is 0.405 e. The highest BCUT2D eigenvalue weighted by atomic mass is 35.5. The van der Waals surface area contributed by atoms with Gasteiger partial charge < -0.3 is 26.3 Å². The molecule has 33 heavy (non-hydrogen) atoms. The van der Waals surface area contributed by atoms with Crippen molar-refractivity contribution in [3.63, 3.8) is 0 Å². The number of hydrogen-bond donors (Lipinski definition) is 3. The quantitative estimate of drug-likeness (QED) is 0.500. The zero-order valence-corrected chi connectivity index (χ0v) is 19.1. The molecule has 1 aliphatic rings. The summed E-state index contributed by atoms with van der Waals surface area (Å²) in [7, 11) is 1.47. The predicted molar refractivity (Wildman–Crippen MR) is 124 cm³/mol. The molecular formula is C23H28ClFN4O4. The van der Waals surface area contributed by atoms with Gasteiger partial charge in [-0.2, -0.15) is 0 Å². The molecule has 1 unspecified atom stereocenters. The van der Waals surface area contributed by atoms with Gasteiger partial charge in [0.2, 0.25) is 0 Å². The Bertz CT molecular complexity index is 981. The number of benzene rings is 2. The third-order valence-electron chi connectivity index (χ3n) is 5.75. The van der Waals surface area contributed by atoms with Crippen LogP contribution in [0.2, 0.25) is 5.02 Å². The van der Waals surface area contributed by atoms with Crippen LogP contribution in [0.25, 0.3) is 0 Å². The number of carbonyl (C=O) groups is 2. The maximum absolute atomic E-state index is 13.2. The van der Waals surface area contributed by atoms with Crippen molar-refractivity contribution >= 4 is 29.3 Å². The molecule has 0 aromatic heterocycles. The Morgan fingerprint density at radius 1 is 1.24 bits per heavy atom. The molecule has 2 aromatic rings. The van der Waals surface area contributed by atoms with E-state index in [1.165, 1.54) is 31.4 Å². The number of rotatable bonds is 8. The monoisotopic (exact) mass is 478 g/mol. The van der Waals surface area contributed by atoms with Gasteiger partial charge >= 0.3 is 6.09 Å². The number of ether oxygens (including phenoxy) is 2. The number of halogens is 2. The van der Waals surface area contributed by atoms with Crippen LogP contribution in [0.15, 0.2) is 36.4 Å². The van der Waals surface area contributed by atoms with E-state index in [-0.39, 0.29) is 11.7 Å². The third-order valence-corrected chi connectivity index (χ3v) is 6.07. The van der Waals surface area contributed by atoms with Crippen LogP contribution >= 0.6 is 11.6 Å². The molecule has 5 N–H and O–H groups in total. The summed E-state index contributed by atoms with van der Waals surface area (Å²) in [5.41, 5.74) is 12.4. The summed E-state index contributed by atoms with van der Waals surface area (Å²) in [4.78, 5) is 26.1. The topological polar surface area (TPSA) is 120 Å². The van der Waals surface area contributed by atoms with Crippen LogP contribution in [-0.2, 0) is 4.74 Å². The van der Waals surface area contributed by atoms with Crippen molar-refractivity contribution in [1.29, 1.82) is 0 Å². The second-order valence-electron chi connectivity index (χ2n) is 8.01. The molecule has 1 saturated heterocycles. The number of nitrogen functional groups attached to an aromatic ring is 1. The Morgan fingerprint density at radius 3 is 2.52 bits per heavy atom. The van der Waals surface area contributed by atoms with E-state index in [9.17, 15) is 14.0 Å². The summed E-state index contributed by atoms with van der Waals surface area (Å²) in [6.07, 6.45) is 0.252. The second-order valence-corrected chi connectivity index (χ2v) is 8.41. The Hall–Kier alpha value is -3.04. The maximum atomic E-state index is 13.2. The van der Waals surface area contributed by atoms with E-state index in [0.717, 1.165) is 25.9 Å². The minimum Gasteiger partial charge on any atom is -0.496 e. The number of primary amides is 1. The largest absolute Gasteiger partial charge is 0.496 e. The SMILES string of the molecule is COc1cc(Cl)c(N)cc1C(=O)NCC1CCN(CC(OC(N)=O)c2ccc(F)cc2)CC1. The van der Waals surface area contributed by atoms with E-state index in [0.29, 0.717) is 46.6 Å². The molecule has 1 aliphatic heterocycles. The predicted octanol–water partition coefficient (Wildman–Crippen LogP) is 3.35. The average molecular weight is 479 g/mol. The van der Waals surface area contributed by atoms with Gasteiger partial charge in [-0.25, -0.2) is 9.18 Å². The first-order valence-electron chi connectivity index (χ1n) is 10.6. The fraction of sp³-hybridized carbons (Fsp3) is 0.391. The van der Waals surface area contributed by atoms with Crippen LogP contribution in [0.4, 0.5) is 14.9 Å². The van der Waals surface area contributed by atoms with Crippen molar-refractivity contribution < 1.29 is 23.5 Å². The Morgan fingerprint density at radius 2 is 1.91 bits per heavy atom. The molecule has 1 heterocycles.